The molecule has 2 aliphatic heterocycles. The molecule has 12 heteroatoms. The predicted octanol–water partition coefficient (Wildman–Crippen LogP) is 5.79. The molecule has 2 fully saturated rings. The molecule has 0 saturated carbocycles. The number of nitrogens with zero attached hydrogens (tertiary/aromatic N) is 6. The van der Waals surface area contributed by atoms with Gasteiger partial charge in [-0.1, -0.05) is 27.7 Å². The normalized spacial score (nSPS) is 21.3. The van der Waals surface area contributed by atoms with E-state index in [1.165, 1.54) is 9.80 Å². The van der Waals surface area contributed by atoms with Crippen molar-refractivity contribution < 1.29 is 28.7 Å². The Balaban J connectivity index is 1.37. The van der Waals surface area contributed by atoms with Crippen LogP contribution in [0.2, 0.25) is 0 Å². The Morgan fingerprint density at radius 1 is 0.593 bits per heavy atom. The van der Waals surface area contributed by atoms with Gasteiger partial charge in [0.05, 0.1) is 24.4 Å². The molecule has 2 heterocycles. The van der Waals surface area contributed by atoms with Crippen LogP contribution in [0.25, 0.3) is 0 Å². The summed E-state index contributed by atoms with van der Waals surface area (Å²) in [5, 5.41) is 20.4. The van der Waals surface area contributed by atoms with Crippen molar-refractivity contribution in [3.05, 3.63) is 44.8 Å². The molecule has 0 bridgehead atoms. The van der Waals surface area contributed by atoms with Crippen molar-refractivity contribution in [2.75, 3.05) is 67.6 Å². The Labute approximate surface area is 322 Å². The molecule has 294 valence electrons. The highest BCUT2D eigenvalue weighted by molar-refractivity contribution is 6.04. The first-order chi connectivity index (χ1) is 25.5. The van der Waals surface area contributed by atoms with Crippen LogP contribution in [-0.4, -0.2) is 111 Å². The molecule has 2 aliphatic carbocycles. The lowest BCUT2D eigenvalue weighted by atomic mass is 9.72. The number of likely N-dealkylation sites (tertiary alicyclic amines) is 2. The van der Waals surface area contributed by atoms with E-state index in [-0.39, 0.29) is 47.0 Å². The second-order valence-electron chi connectivity index (χ2n) is 17.1. The van der Waals surface area contributed by atoms with Crippen LogP contribution >= 0.6 is 0 Å². The lowest BCUT2D eigenvalue weighted by Gasteiger charge is -2.39. The average Bonchev–Trinajstić information content (AvgIpc) is 3.84. The van der Waals surface area contributed by atoms with Crippen LogP contribution in [0.5, 0.6) is 0 Å². The number of ether oxygens (including phenoxy) is 2. The minimum Gasteiger partial charge on any atom is -0.462 e. The number of hydrogen-bond donors (Lipinski definition) is 0. The average molecular weight is 745 g/mol. The summed E-state index contributed by atoms with van der Waals surface area (Å²) >= 11 is 0. The van der Waals surface area contributed by atoms with Crippen molar-refractivity contribution in [2.24, 2.45) is 10.8 Å². The van der Waals surface area contributed by atoms with Crippen LogP contribution < -0.4 is 0 Å². The third kappa shape index (κ3) is 10.1. The molecule has 54 heavy (non-hydrogen) atoms. The van der Waals surface area contributed by atoms with Gasteiger partial charge in [-0.2, -0.15) is 10.5 Å². The second-order valence-corrected chi connectivity index (χ2v) is 17.1. The molecule has 0 radical (unpaired) electrons. The number of allylic oxidation sites excluding steroid dienone is 2. The molecular formula is C42H60N6O6. The molecule has 0 aromatic rings. The third-order valence-electron chi connectivity index (χ3n) is 10.7. The van der Waals surface area contributed by atoms with Crippen molar-refractivity contribution in [1.82, 2.24) is 19.6 Å². The summed E-state index contributed by atoms with van der Waals surface area (Å²) in [6.07, 6.45) is 8.82. The van der Waals surface area contributed by atoms with Gasteiger partial charge in [0.25, 0.3) is 11.8 Å². The number of rotatable bonds is 13. The second kappa shape index (κ2) is 18.2. The number of hydrogen-bond acceptors (Lipinski definition) is 10. The Morgan fingerprint density at radius 3 is 1.22 bits per heavy atom. The molecule has 4 rings (SSSR count). The number of esters is 2. The van der Waals surface area contributed by atoms with Gasteiger partial charge in [-0.05, 0) is 99.0 Å². The largest absolute Gasteiger partial charge is 0.462 e. The summed E-state index contributed by atoms with van der Waals surface area (Å²) in [5.74, 6) is -1.87. The van der Waals surface area contributed by atoms with Gasteiger partial charge in [-0.3, -0.25) is 9.59 Å². The van der Waals surface area contributed by atoms with Crippen LogP contribution in [-0.2, 0) is 28.7 Å². The fourth-order valence-corrected chi connectivity index (χ4v) is 8.09. The Kier molecular flexibility index (Phi) is 14.2. The highest BCUT2D eigenvalue weighted by atomic mass is 16.5. The van der Waals surface area contributed by atoms with Crippen LogP contribution in [0.15, 0.2) is 44.8 Å². The maximum Gasteiger partial charge on any atom is 0.349 e. The van der Waals surface area contributed by atoms with Crippen molar-refractivity contribution in [3.63, 3.8) is 0 Å². The molecule has 4 aliphatic rings. The zero-order chi connectivity index (χ0) is 39.8. The number of nitriles is 2. The van der Waals surface area contributed by atoms with E-state index >= 15 is 0 Å². The number of likely N-dealkylation sites (N-methyl/N-ethyl adjacent to an activating group) is 2. The first-order valence-corrected chi connectivity index (χ1v) is 19.5. The summed E-state index contributed by atoms with van der Waals surface area (Å²) < 4.78 is 11.2. The molecule has 0 unspecified atom stereocenters. The number of carbonyl (C=O) groups excluding carboxylic acids is 4. The summed E-state index contributed by atoms with van der Waals surface area (Å²) in [5.41, 5.74) is 2.94. The van der Waals surface area contributed by atoms with Gasteiger partial charge in [-0.25, -0.2) is 9.59 Å². The smallest absolute Gasteiger partial charge is 0.349 e. The highest BCUT2D eigenvalue weighted by Crippen LogP contribution is 2.47. The SMILES string of the molecule is CN(C)C(=O)C1=C(N2CCCC2)CC(C)(C)C/C1=C(/C#N)C(=O)OCCCCCCOC(=O)/C(C#N)=C1\CC(C)(C)CC(N2CCCC2)=C1C(=O)N(C)C. The highest BCUT2D eigenvalue weighted by Gasteiger charge is 2.41. The van der Waals surface area contributed by atoms with E-state index in [2.05, 4.69) is 49.6 Å². The van der Waals surface area contributed by atoms with E-state index in [4.69, 9.17) is 9.47 Å². The lowest BCUT2D eigenvalue weighted by Crippen LogP contribution is -2.36. The summed E-state index contributed by atoms with van der Waals surface area (Å²) in [4.78, 5) is 61.2. The minimum absolute atomic E-state index is 0.106. The van der Waals surface area contributed by atoms with E-state index in [9.17, 15) is 29.7 Å². The van der Waals surface area contributed by atoms with Gasteiger partial charge in [0.2, 0.25) is 0 Å². The van der Waals surface area contributed by atoms with Crippen LogP contribution in [0.1, 0.15) is 105 Å². The number of carbonyl (C=O) groups is 4. The summed E-state index contributed by atoms with van der Waals surface area (Å²) in [6.45, 7) is 12.0. The van der Waals surface area contributed by atoms with Gasteiger partial charge in [0, 0.05) is 65.8 Å². The van der Waals surface area contributed by atoms with Gasteiger partial charge in [0.1, 0.15) is 23.3 Å². The molecule has 0 N–H and O–H groups in total. The standard InChI is InChI=1S/C42H60N6O6/c1-41(2)23-29(35(37(49)45(5)6)33(25-41)47-17-11-12-18-47)31(27-43)39(51)53-21-15-9-10-16-22-54-40(52)32(28-44)30-24-42(3,4)26-34(48-19-13-14-20-48)36(30)38(50)46(7)8/h9-26H2,1-8H3/b31-29+,32-30+. The quantitative estimate of drug-likeness (QED) is 0.0983. The van der Waals surface area contributed by atoms with Crippen molar-refractivity contribution in [2.45, 2.75) is 105 Å². The van der Waals surface area contributed by atoms with Crippen molar-refractivity contribution in [3.8, 4) is 12.1 Å². The predicted molar refractivity (Wildman–Crippen MR) is 205 cm³/mol. The number of amides is 2. The molecule has 0 atom stereocenters. The first kappa shape index (κ1) is 42.2. The molecular weight excluding hydrogens is 684 g/mol. The lowest BCUT2D eigenvalue weighted by molar-refractivity contribution is -0.140. The maximum atomic E-state index is 13.5. The Hall–Kier alpha value is -4.58. The number of unbranched alkanes of at least 4 members (excludes halogenated alkanes) is 3. The zero-order valence-electron chi connectivity index (χ0n) is 33.9. The topological polar surface area (TPSA) is 147 Å². The first-order valence-electron chi connectivity index (χ1n) is 19.5. The maximum absolute atomic E-state index is 13.5. The van der Waals surface area contributed by atoms with Crippen molar-refractivity contribution >= 4 is 23.8 Å². The van der Waals surface area contributed by atoms with E-state index < -0.39 is 11.9 Å². The monoisotopic (exact) mass is 744 g/mol. The van der Waals surface area contributed by atoms with Crippen LogP contribution in [0, 0.1) is 33.5 Å². The van der Waals surface area contributed by atoms with Gasteiger partial charge >= 0.3 is 11.9 Å². The fourth-order valence-electron chi connectivity index (χ4n) is 8.09. The summed E-state index contributed by atoms with van der Waals surface area (Å²) in [7, 11) is 6.73. The molecule has 0 aromatic heterocycles. The van der Waals surface area contributed by atoms with E-state index in [0.29, 0.717) is 73.7 Å². The van der Waals surface area contributed by atoms with Crippen LogP contribution in [0.4, 0.5) is 0 Å². The minimum atomic E-state index is -0.721. The fraction of sp³-hybridized carbons (Fsp3) is 0.667. The molecule has 0 aromatic carbocycles. The molecule has 2 saturated heterocycles. The van der Waals surface area contributed by atoms with E-state index in [1.54, 1.807) is 28.2 Å². The zero-order valence-corrected chi connectivity index (χ0v) is 33.9. The molecule has 12 nitrogen and oxygen atoms in total. The van der Waals surface area contributed by atoms with Crippen molar-refractivity contribution in [1.29, 1.82) is 10.5 Å². The molecule has 0 spiro atoms. The van der Waals surface area contributed by atoms with Gasteiger partial charge in [0.15, 0.2) is 0 Å². The third-order valence-corrected chi connectivity index (χ3v) is 10.7. The van der Waals surface area contributed by atoms with E-state index in [1.807, 2.05) is 0 Å². The Bertz CT molecular complexity index is 1560. The summed E-state index contributed by atoms with van der Waals surface area (Å²) in [6, 6.07) is 4.15. The van der Waals surface area contributed by atoms with Gasteiger partial charge < -0.3 is 29.1 Å². The Morgan fingerprint density at radius 2 is 0.926 bits per heavy atom. The van der Waals surface area contributed by atoms with Crippen LogP contribution in [0.3, 0.4) is 0 Å². The van der Waals surface area contributed by atoms with E-state index in [0.717, 1.165) is 63.3 Å². The molecule has 2 amide bonds. The van der Waals surface area contributed by atoms with Gasteiger partial charge in [-0.15, -0.1) is 0 Å².